The van der Waals surface area contributed by atoms with Gasteiger partial charge < -0.3 is 15.1 Å². The second kappa shape index (κ2) is 10.1. The Balaban J connectivity index is 1.33. The van der Waals surface area contributed by atoms with Crippen molar-refractivity contribution in [1.29, 1.82) is 0 Å². The van der Waals surface area contributed by atoms with Crippen LogP contribution in [0.4, 0.5) is 5.69 Å². The van der Waals surface area contributed by atoms with Crippen LogP contribution >= 0.6 is 11.3 Å². The number of thiophene rings is 1. The van der Waals surface area contributed by atoms with Crippen molar-refractivity contribution in [3.05, 3.63) is 94.0 Å². The Hall–Kier alpha value is -3.71. The Morgan fingerprint density at radius 3 is 2.44 bits per heavy atom. The predicted molar refractivity (Wildman–Crippen MR) is 125 cm³/mol. The molecule has 4 rings (SSSR count). The standard InChI is InChI=1S/C25H23N3O3S/c1-17-22(16-26-23(29)15-21-8-5-13-32-21)28-25(31-17)19-9-11-20(12-10-19)27-24(30)14-18-6-3-2-4-7-18/h2-13H,14-16H2,1H3,(H,26,29)(H,27,30). The molecule has 2 heterocycles. The Morgan fingerprint density at radius 2 is 1.72 bits per heavy atom. The van der Waals surface area contributed by atoms with Crippen LogP contribution in [-0.2, 0) is 29.0 Å². The summed E-state index contributed by atoms with van der Waals surface area (Å²) < 4.78 is 5.79. The van der Waals surface area contributed by atoms with E-state index in [-0.39, 0.29) is 11.8 Å². The molecule has 7 heteroatoms. The highest BCUT2D eigenvalue weighted by atomic mass is 32.1. The van der Waals surface area contributed by atoms with Gasteiger partial charge in [-0.15, -0.1) is 11.3 Å². The molecule has 4 aromatic rings. The van der Waals surface area contributed by atoms with Gasteiger partial charge in [0.25, 0.3) is 0 Å². The fourth-order valence-corrected chi connectivity index (χ4v) is 3.92. The second-order valence-electron chi connectivity index (χ2n) is 7.34. The topological polar surface area (TPSA) is 84.2 Å². The second-order valence-corrected chi connectivity index (χ2v) is 8.37. The highest BCUT2D eigenvalue weighted by Gasteiger charge is 2.13. The zero-order valence-corrected chi connectivity index (χ0v) is 18.4. The quantitative estimate of drug-likeness (QED) is 0.410. The number of benzene rings is 2. The van der Waals surface area contributed by atoms with Gasteiger partial charge in [0, 0.05) is 16.1 Å². The molecule has 2 amide bonds. The number of hydrogen-bond acceptors (Lipinski definition) is 5. The predicted octanol–water partition coefficient (Wildman–Crippen LogP) is 4.75. The molecule has 0 bridgehead atoms. The van der Waals surface area contributed by atoms with E-state index in [2.05, 4.69) is 15.6 Å². The number of carbonyl (C=O) groups excluding carboxylic acids is 2. The van der Waals surface area contributed by atoms with Crippen molar-refractivity contribution >= 4 is 28.8 Å². The molecule has 0 spiro atoms. The van der Waals surface area contributed by atoms with E-state index in [4.69, 9.17) is 4.42 Å². The molecule has 0 radical (unpaired) electrons. The monoisotopic (exact) mass is 445 g/mol. The van der Waals surface area contributed by atoms with Crippen LogP contribution in [0.2, 0.25) is 0 Å². The van der Waals surface area contributed by atoms with Gasteiger partial charge in [0.1, 0.15) is 11.5 Å². The Kier molecular flexibility index (Phi) is 6.77. The maximum absolute atomic E-state index is 12.2. The highest BCUT2D eigenvalue weighted by molar-refractivity contribution is 7.10. The lowest BCUT2D eigenvalue weighted by molar-refractivity contribution is -0.120. The molecule has 0 aliphatic heterocycles. The lowest BCUT2D eigenvalue weighted by Gasteiger charge is -2.06. The maximum Gasteiger partial charge on any atom is 0.228 e. The lowest BCUT2D eigenvalue weighted by Crippen LogP contribution is -2.24. The van der Waals surface area contributed by atoms with Crippen LogP contribution in [-0.4, -0.2) is 16.8 Å². The number of rotatable bonds is 8. The van der Waals surface area contributed by atoms with E-state index in [1.807, 2.05) is 79.0 Å². The Labute approximate surface area is 190 Å². The number of aryl methyl sites for hydroxylation is 1. The number of oxazole rings is 1. The summed E-state index contributed by atoms with van der Waals surface area (Å²) in [6.45, 7) is 2.14. The zero-order valence-electron chi connectivity index (χ0n) is 17.6. The van der Waals surface area contributed by atoms with Crippen LogP contribution in [0.1, 0.15) is 21.9 Å². The molecule has 0 saturated carbocycles. The van der Waals surface area contributed by atoms with Crippen LogP contribution in [0.5, 0.6) is 0 Å². The molecule has 0 saturated heterocycles. The van der Waals surface area contributed by atoms with Gasteiger partial charge in [0.15, 0.2) is 0 Å². The minimum atomic E-state index is -0.0727. The molecule has 0 atom stereocenters. The minimum Gasteiger partial charge on any atom is -0.441 e. The van der Waals surface area contributed by atoms with E-state index in [9.17, 15) is 9.59 Å². The summed E-state index contributed by atoms with van der Waals surface area (Å²) in [5.41, 5.74) is 3.16. The third-order valence-corrected chi connectivity index (χ3v) is 5.76. The van der Waals surface area contributed by atoms with Gasteiger partial charge in [-0.05, 0) is 48.2 Å². The van der Waals surface area contributed by atoms with E-state index in [1.54, 1.807) is 11.3 Å². The molecule has 6 nitrogen and oxygen atoms in total. The fourth-order valence-electron chi connectivity index (χ4n) is 3.21. The average molecular weight is 446 g/mol. The first-order valence-electron chi connectivity index (χ1n) is 10.3. The first kappa shape index (κ1) is 21.5. The van der Waals surface area contributed by atoms with Gasteiger partial charge >= 0.3 is 0 Å². The van der Waals surface area contributed by atoms with Crippen LogP contribution in [0.25, 0.3) is 11.5 Å². The minimum absolute atomic E-state index is 0.0491. The smallest absolute Gasteiger partial charge is 0.228 e. The summed E-state index contributed by atoms with van der Waals surface area (Å²) in [7, 11) is 0. The first-order chi connectivity index (χ1) is 15.6. The SMILES string of the molecule is Cc1oc(-c2ccc(NC(=O)Cc3ccccc3)cc2)nc1CNC(=O)Cc1cccs1. The van der Waals surface area contributed by atoms with E-state index in [0.29, 0.717) is 42.4 Å². The van der Waals surface area contributed by atoms with Crippen LogP contribution < -0.4 is 10.6 Å². The number of nitrogens with one attached hydrogen (secondary N) is 2. The number of anilines is 1. The summed E-state index contributed by atoms with van der Waals surface area (Å²) >= 11 is 1.56. The number of hydrogen-bond donors (Lipinski definition) is 2. The van der Waals surface area contributed by atoms with Crippen molar-refractivity contribution in [3.63, 3.8) is 0 Å². The Morgan fingerprint density at radius 1 is 0.938 bits per heavy atom. The van der Waals surface area contributed by atoms with Crippen molar-refractivity contribution in [2.75, 3.05) is 5.32 Å². The molecule has 0 unspecified atom stereocenters. The number of aromatic nitrogens is 1. The zero-order chi connectivity index (χ0) is 22.3. The number of carbonyl (C=O) groups is 2. The molecule has 2 aromatic carbocycles. The van der Waals surface area contributed by atoms with Crippen LogP contribution in [0.3, 0.4) is 0 Å². The molecular formula is C25H23N3O3S. The van der Waals surface area contributed by atoms with Crippen LogP contribution in [0.15, 0.2) is 76.5 Å². The van der Waals surface area contributed by atoms with Gasteiger partial charge in [-0.2, -0.15) is 0 Å². The summed E-state index contributed by atoms with van der Waals surface area (Å²) in [5, 5.41) is 7.75. The van der Waals surface area contributed by atoms with Gasteiger partial charge in [-0.25, -0.2) is 4.98 Å². The highest BCUT2D eigenvalue weighted by Crippen LogP contribution is 2.23. The lowest BCUT2D eigenvalue weighted by atomic mass is 10.1. The molecule has 0 aliphatic rings. The molecule has 32 heavy (non-hydrogen) atoms. The van der Waals surface area contributed by atoms with E-state index >= 15 is 0 Å². The van der Waals surface area contributed by atoms with Gasteiger partial charge in [-0.1, -0.05) is 36.4 Å². The normalized spacial score (nSPS) is 10.7. The summed E-state index contributed by atoms with van der Waals surface area (Å²) in [6.07, 6.45) is 0.683. The van der Waals surface area contributed by atoms with E-state index in [1.165, 1.54) is 0 Å². The van der Waals surface area contributed by atoms with E-state index in [0.717, 1.165) is 16.0 Å². The van der Waals surface area contributed by atoms with Crippen molar-refractivity contribution in [1.82, 2.24) is 10.3 Å². The van der Waals surface area contributed by atoms with Crippen molar-refractivity contribution < 1.29 is 14.0 Å². The van der Waals surface area contributed by atoms with Crippen molar-refractivity contribution in [2.24, 2.45) is 0 Å². The number of nitrogens with zero attached hydrogens (tertiary/aromatic N) is 1. The molecule has 0 fully saturated rings. The van der Waals surface area contributed by atoms with E-state index < -0.39 is 0 Å². The molecule has 2 N–H and O–H groups in total. The molecule has 0 aliphatic carbocycles. The molecule has 2 aromatic heterocycles. The van der Waals surface area contributed by atoms with Gasteiger partial charge in [-0.3, -0.25) is 9.59 Å². The van der Waals surface area contributed by atoms with Gasteiger partial charge in [0.2, 0.25) is 17.7 Å². The third kappa shape index (κ3) is 5.70. The Bertz CT molecular complexity index is 1180. The summed E-state index contributed by atoms with van der Waals surface area (Å²) in [6, 6.07) is 20.8. The van der Waals surface area contributed by atoms with Gasteiger partial charge in [0.05, 0.1) is 19.4 Å². The maximum atomic E-state index is 12.2. The van der Waals surface area contributed by atoms with Crippen molar-refractivity contribution in [2.45, 2.75) is 26.3 Å². The first-order valence-corrected chi connectivity index (χ1v) is 11.1. The van der Waals surface area contributed by atoms with Crippen LogP contribution in [0, 0.1) is 6.92 Å². The third-order valence-electron chi connectivity index (χ3n) is 4.88. The number of amides is 2. The molecule has 162 valence electrons. The fraction of sp³-hybridized carbons (Fsp3) is 0.160. The average Bonchev–Trinajstić information content (AvgIpc) is 3.43. The largest absolute Gasteiger partial charge is 0.441 e. The summed E-state index contributed by atoms with van der Waals surface area (Å²) in [5.74, 6) is 1.02. The van der Waals surface area contributed by atoms with Crippen molar-refractivity contribution in [3.8, 4) is 11.5 Å². The summed E-state index contributed by atoms with van der Waals surface area (Å²) in [4.78, 5) is 29.9. The molecular weight excluding hydrogens is 422 g/mol.